The lowest BCUT2D eigenvalue weighted by Gasteiger charge is -2.51. The van der Waals surface area contributed by atoms with Crippen molar-refractivity contribution in [3.05, 3.63) is 23.3 Å². The van der Waals surface area contributed by atoms with E-state index in [1.54, 1.807) is 11.1 Å². The zero-order valence-corrected chi connectivity index (χ0v) is 14.6. The second-order valence-electron chi connectivity index (χ2n) is 8.81. The smallest absolute Gasteiger partial charge is 0.104 e. The van der Waals surface area contributed by atoms with E-state index in [1.165, 1.54) is 107 Å². The van der Waals surface area contributed by atoms with Crippen LogP contribution < -0.4 is 0 Å². The van der Waals surface area contributed by atoms with Gasteiger partial charge in [0.15, 0.2) is 0 Å². The fourth-order valence-corrected chi connectivity index (χ4v) is 5.62. The molecule has 0 atom stereocenters. The Hall–Kier alpha value is -0.680. The van der Waals surface area contributed by atoms with E-state index in [2.05, 4.69) is 22.0 Å². The molecule has 0 aromatic rings. The van der Waals surface area contributed by atoms with Crippen LogP contribution in [0.15, 0.2) is 23.3 Å². The van der Waals surface area contributed by atoms with Crippen molar-refractivity contribution in [3.63, 3.8) is 0 Å². The Kier molecular flexibility index (Phi) is 3.45. The first-order chi connectivity index (χ1) is 11.2. The van der Waals surface area contributed by atoms with Crippen molar-refractivity contribution in [3.8, 4) is 0 Å². The van der Waals surface area contributed by atoms with Crippen molar-refractivity contribution >= 4 is 0 Å². The zero-order valence-electron chi connectivity index (χ0n) is 14.6. The summed E-state index contributed by atoms with van der Waals surface area (Å²) in [6.07, 6.45) is 6.40. The molecule has 7 rings (SSSR count). The molecule has 4 nitrogen and oxygen atoms in total. The first-order valence-electron chi connectivity index (χ1n) is 9.76. The van der Waals surface area contributed by atoms with Crippen LogP contribution in [0.25, 0.3) is 0 Å². The van der Waals surface area contributed by atoms with E-state index < -0.39 is 0 Å². The maximum atomic E-state index is 2.65. The summed E-state index contributed by atoms with van der Waals surface area (Å²) in [7, 11) is 0. The third-order valence-electron chi connectivity index (χ3n) is 7.42. The van der Waals surface area contributed by atoms with E-state index in [0.29, 0.717) is 0 Å². The highest BCUT2D eigenvalue weighted by Gasteiger charge is 2.40. The molecule has 0 amide bonds. The molecule has 23 heavy (non-hydrogen) atoms. The van der Waals surface area contributed by atoms with Gasteiger partial charge < -0.3 is 8.97 Å². The Morgan fingerprint density at radius 3 is 1.70 bits per heavy atom. The van der Waals surface area contributed by atoms with E-state index in [0.717, 1.165) is 0 Å². The average molecular weight is 316 g/mol. The highest BCUT2D eigenvalue weighted by Crippen LogP contribution is 2.29. The molecule has 0 saturated carbocycles. The number of allylic oxidation sites excluding steroid dienone is 1. The molecule has 0 aromatic carbocycles. The summed E-state index contributed by atoms with van der Waals surface area (Å²) in [6, 6.07) is 0. The molecule has 126 valence electrons. The van der Waals surface area contributed by atoms with Gasteiger partial charge in [-0.05, 0) is 18.1 Å². The van der Waals surface area contributed by atoms with Crippen LogP contribution in [0, 0.1) is 0 Å². The molecule has 6 heterocycles. The van der Waals surface area contributed by atoms with Crippen LogP contribution in [-0.2, 0) is 0 Å². The highest BCUT2D eigenvalue weighted by atomic mass is 15.5. The predicted molar refractivity (Wildman–Crippen MR) is 93.1 cm³/mol. The van der Waals surface area contributed by atoms with Gasteiger partial charge in [-0.2, -0.15) is 0 Å². The van der Waals surface area contributed by atoms with E-state index in [9.17, 15) is 0 Å². The van der Waals surface area contributed by atoms with Crippen LogP contribution in [-0.4, -0.2) is 110 Å². The lowest BCUT2D eigenvalue weighted by Crippen LogP contribution is -2.67. The molecule has 0 N–H and O–H groups in total. The molecule has 6 saturated heterocycles. The molecule has 7 aliphatic rings. The van der Waals surface area contributed by atoms with Gasteiger partial charge in [0, 0.05) is 44.8 Å². The predicted octanol–water partition coefficient (Wildman–Crippen LogP) is 0.535. The molecule has 6 aliphatic heterocycles. The van der Waals surface area contributed by atoms with Gasteiger partial charge in [-0.15, -0.1) is 0 Å². The Morgan fingerprint density at radius 1 is 0.696 bits per heavy atom. The minimum absolute atomic E-state index is 1.24. The maximum Gasteiger partial charge on any atom is 0.104 e. The Balaban J connectivity index is 1.24. The average Bonchev–Trinajstić information content (AvgIpc) is 3.03. The van der Waals surface area contributed by atoms with Gasteiger partial charge in [0.2, 0.25) is 0 Å². The van der Waals surface area contributed by atoms with Crippen molar-refractivity contribution in [2.75, 3.05) is 91.6 Å². The molecule has 0 unspecified atom stereocenters. The van der Waals surface area contributed by atoms with Crippen molar-refractivity contribution < 1.29 is 8.97 Å². The zero-order chi connectivity index (χ0) is 15.3. The summed E-state index contributed by atoms with van der Waals surface area (Å²) in [5.41, 5.74) is 3.38. The molecule has 0 spiro atoms. The Labute approximate surface area is 140 Å². The molecule has 6 fully saturated rings. The Bertz CT molecular complexity index is 506. The van der Waals surface area contributed by atoms with Crippen LogP contribution in [0.3, 0.4) is 0 Å². The van der Waals surface area contributed by atoms with Crippen LogP contribution >= 0.6 is 0 Å². The summed E-state index contributed by atoms with van der Waals surface area (Å²) >= 11 is 0. The van der Waals surface area contributed by atoms with Crippen molar-refractivity contribution in [1.82, 2.24) is 9.80 Å². The quantitative estimate of drug-likeness (QED) is 0.699. The number of hydrogen-bond acceptors (Lipinski definition) is 2. The summed E-state index contributed by atoms with van der Waals surface area (Å²) in [4.78, 5) is 5.30. The Morgan fingerprint density at radius 2 is 1.17 bits per heavy atom. The van der Waals surface area contributed by atoms with Gasteiger partial charge in [-0.25, -0.2) is 0 Å². The van der Waals surface area contributed by atoms with Gasteiger partial charge in [0.25, 0.3) is 0 Å². The molecule has 0 aromatic heterocycles. The van der Waals surface area contributed by atoms with Gasteiger partial charge >= 0.3 is 0 Å². The lowest BCUT2D eigenvalue weighted by atomic mass is 10.1. The van der Waals surface area contributed by atoms with Crippen LogP contribution in [0.4, 0.5) is 0 Å². The fraction of sp³-hybridized carbons (Fsp3) is 0.789. The number of fused-ring (bicyclic) bond motifs is 6. The van der Waals surface area contributed by atoms with Crippen molar-refractivity contribution in [2.45, 2.75) is 6.42 Å². The van der Waals surface area contributed by atoms with Gasteiger partial charge in [-0.1, -0.05) is 6.08 Å². The number of piperazine rings is 6. The van der Waals surface area contributed by atoms with E-state index in [4.69, 9.17) is 0 Å². The third kappa shape index (κ3) is 2.70. The maximum absolute atomic E-state index is 2.65. The van der Waals surface area contributed by atoms with E-state index in [1.807, 2.05) is 0 Å². The largest absolute Gasteiger partial charge is 0.317 e. The summed E-state index contributed by atoms with van der Waals surface area (Å²) in [6.45, 7) is 19.0. The van der Waals surface area contributed by atoms with E-state index >= 15 is 0 Å². The monoisotopic (exact) mass is 316 g/mol. The second kappa shape index (κ2) is 5.41. The van der Waals surface area contributed by atoms with Crippen molar-refractivity contribution in [1.29, 1.82) is 0 Å². The van der Waals surface area contributed by atoms with Crippen LogP contribution in [0.2, 0.25) is 0 Å². The standard InChI is InChI=1S/C19H32N4/c1-2-19(17-23-12-6-21(7-13-23)8-14-23)15-18(1)16-22-9-3-20(4-10-22)5-11-22/h1,15H,2-14,16-17H2/q+2. The lowest BCUT2D eigenvalue weighted by molar-refractivity contribution is -0.937. The number of rotatable bonds is 4. The van der Waals surface area contributed by atoms with Crippen molar-refractivity contribution in [2.24, 2.45) is 0 Å². The normalized spacial score (nSPS) is 45.2. The topological polar surface area (TPSA) is 6.48 Å². The third-order valence-corrected chi connectivity index (χ3v) is 7.42. The highest BCUT2D eigenvalue weighted by molar-refractivity contribution is 5.33. The SMILES string of the molecule is C1=C(C[N+]23CCN(CC2)CC3)C=C(C[N+]23CCN(CC2)CC3)C1. The first-order valence-corrected chi connectivity index (χ1v) is 9.76. The molecule has 1 aliphatic carbocycles. The molecular weight excluding hydrogens is 284 g/mol. The summed E-state index contributed by atoms with van der Waals surface area (Å²) < 4.78 is 2.76. The molecule has 4 bridgehead atoms. The van der Waals surface area contributed by atoms with E-state index in [-0.39, 0.29) is 0 Å². The minimum Gasteiger partial charge on any atom is -0.317 e. The molecule has 4 heteroatoms. The second-order valence-corrected chi connectivity index (χ2v) is 8.81. The molecular formula is C19H32N4+2. The summed E-state index contributed by atoms with van der Waals surface area (Å²) in [5.74, 6) is 0. The van der Waals surface area contributed by atoms with Crippen LogP contribution in [0.1, 0.15) is 6.42 Å². The molecule has 0 radical (unpaired) electrons. The number of nitrogens with zero attached hydrogens (tertiary/aromatic N) is 4. The van der Waals surface area contributed by atoms with Gasteiger partial charge in [0.1, 0.15) is 13.1 Å². The van der Waals surface area contributed by atoms with Gasteiger partial charge in [-0.3, -0.25) is 9.80 Å². The minimum atomic E-state index is 1.24. The first kappa shape index (κ1) is 14.6. The van der Waals surface area contributed by atoms with Gasteiger partial charge in [0.05, 0.1) is 39.3 Å². The summed E-state index contributed by atoms with van der Waals surface area (Å²) in [5, 5.41) is 0. The fourth-order valence-electron chi connectivity index (χ4n) is 5.62. The number of hydrogen-bond donors (Lipinski definition) is 0. The van der Waals surface area contributed by atoms with Crippen LogP contribution in [0.5, 0.6) is 0 Å². The number of quaternary nitrogens is 2.